The summed E-state index contributed by atoms with van der Waals surface area (Å²) in [5, 5.41) is 5.82. The molecule has 3 aliphatic heterocycles. The van der Waals surface area contributed by atoms with Crippen molar-refractivity contribution in [2.24, 2.45) is 0 Å². The molecule has 5 heterocycles. The van der Waals surface area contributed by atoms with Crippen molar-refractivity contribution >= 4 is 34.9 Å². The highest BCUT2D eigenvalue weighted by Gasteiger charge is 2.40. The third-order valence-electron chi connectivity index (χ3n) is 6.18. The van der Waals surface area contributed by atoms with Gasteiger partial charge in [0.25, 0.3) is 5.91 Å². The molecule has 2 saturated heterocycles. The van der Waals surface area contributed by atoms with Gasteiger partial charge in [-0.2, -0.15) is 0 Å². The lowest BCUT2D eigenvalue weighted by molar-refractivity contribution is 0.0938. The molecule has 10 heteroatoms. The first kappa shape index (κ1) is 21.4. The number of urea groups is 1. The summed E-state index contributed by atoms with van der Waals surface area (Å²) in [6, 6.07) is 7.14. The van der Waals surface area contributed by atoms with Gasteiger partial charge in [-0.15, -0.1) is 0 Å². The van der Waals surface area contributed by atoms with E-state index in [1.165, 1.54) is 0 Å². The molecular weight excluding hydrogens is 422 g/mol. The first-order valence-corrected chi connectivity index (χ1v) is 11.5. The summed E-state index contributed by atoms with van der Waals surface area (Å²) < 4.78 is 5.43. The zero-order valence-corrected chi connectivity index (χ0v) is 19.0. The van der Waals surface area contributed by atoms with Gasteiger partial charge in [0.15, 0.2) is 5.82 Å². The molecule has 2 aromatic rings. The fourth-order valence-electron chi connectivity index (χ4n) is 4.61. The Morgan fingerprint density at radius 3 is 2.73 bits per heavy atom. The Morgan fingerprint density at radius 2 is 1.94 bits per heavy atom. The predicted molar refractivity (Wildman–Crippen MR) is 126 cm³/mol. The number of ether oxygens (including phenoxy) is 1. The smallest absolute Gasteiger partial charge is 0.329 e. The molecule has 2 N–H and O–H groups in total. The highest BCUT2D eigenvalue weighted by molar-refractivity contribution is 6.05. The average Bonchev–Trinajstić information content (AvgIpc) is 3.23. The SMILES string of the molecule is CC(C)NC(=O)c1ccc2c(n1)N(C(=O)Nc1cc(N3CCOCC3)ccn1)[C@H]1CCN2C1. The molecule has 0 spiro atoms. The number of hydrogen-bond donors (Lipinski definition) is 2. The standard InChI is InChI=1S/C23H29N7O3/c1-15(2)25-22(31)18-3-4-19-21(26-18)30(17-6-8-29(19)14-17)23(32)27-20-13-16(5-7-24-20)28-9-11-33-12-10-28/h3-5,7,13,15,17H,6,8-12,14H2,1-2H3,(H,25,31)(H,24,27,32)/t17-/m0/s1. The highest BCUT2D eigenvalue weighted by atomic mass is 16.5. The fourth-order valence-corrected chi connectivity index (χ4v) is 4.61. The minimum Gasteiger partial charge on any atom is -0.378 e. The van der Waals surface area contributed by atoms with Crippen LogP contribution in [0.1, 0.15) is 30.8 Å². The zero-order valence-electron chi connectivity index (χ0n) is 19.0. The van der Waals surface area contributed by atoms with E-state index in [-0.39, 0.29) is 24.0 Å². The van der Waals surface area contributed by atoms with Crippen LogP contribution in [-0.4, -0.2) is 73.4 Å². The number of hydrogen-bond acceptors (Lipinski definition) is 7. The molecule has 0 unspecified atom stereocenters. The van der Waals surface area contributed by atoms with Gasteiger partial charge in [0, 0.05) is 50.2 Å². The molecule has 2 aromatic heterocycles. The van der Waals surface area contributed by atoms with Crippen molar-refractivity contribution in [3.63, 3.8) is 0 Å². The molecule has 174 valence electrons. The second-order valence-electron chi connectivity index (χ2n) is 8.85. The molecule has 0 aromatic carbocycles. The van der Waals surface area contributed by atoms with Gasteiger partial charge in [-0.3, -0.25) is 15.0 Å². The van der Waals surface area contributed by atoms with E-state index in [0.29, 0.717) is 30.5 Å². The van der Waals surface area contributed by atoms with Gasteiger partial charge >= 0.3 is 6.03 Å². The van der Waals surface area contributed by atoms with Gasteiger partial charge in [0.1, 0.15) is 11.5 Å². The van der Waals surface area contributed by atoms with Crippen LogP contribution < -0.4 is 25.3 Å². The molecule has 10 nitrogen and oxygen atoms in total. The van der Waals surface area contributed by atoms with Crippen LogP contribution >= 0.6 is 0 Å². The second-order valence-corrected chi connectivity index (χ2v) is 8.85. The fraction of sp³-hybridized carbons (Fsp3) is 0.478. The summed E-state index contributed by atoms with van der Waals surface area (Å²) in [7, 11) is 0. The first-order chi connectivity index (χ1) is 16.0. The minimum absolute atomic E-state index is 0.000480. The number of nitrogens with zero attached hydrogens (tertiary/aromatic N) is 5. The van der Waals surface area contributed by atoms with Crippen molar-refractivity contribution in [2.75, 3.05) is 59.4 Å². The molecular formula is C23H29N7O3. The van der Waals surface area contributed by atoms with E-state index >= 15 is 0 Å². The van der Waals surface area contributed by atoms with E-state index in [1.54, 1.807) is 17.2 Å². The van der Waals surface area contributed by atoms with Crippen LogP contribution in [0.25, 0.3) is 0 Å². The lowest BCUT2D eigenvalue weighted by atomic mass is 10.1. The van der Waals surface area contributed by atoms with Gasteiger partial charge in [-0.05, 0) is 38.5 Å². The number of fused-ring (bicyclic) bond motifs is 4. The molecule has 1 atom stereocenters. The first-order valence-electron chi connectivity index (χ1n) is 11.5. The van der Waals surface area contributed by atoms with E-state index < -0.39 is 0 Å². The quantitative estimate of drug-likeness (QED) is 0.734. The maximum atomic E-state index is 13.4. The van der Waals surface area contributed by atoms with E-state index in [9.17, 15) is 9.59 Å². The molecule has 33 heavy (non-hydrogen) atoms. The molecule has 0 aliphatic carbocycles. The van der Waals surface area contributed by atoms with E-state index in [0.717, 1.165) is 44.0 Å². The third kappa shape index (κ3) is 4.30. The van der Waals surface area contributed by atoms with Crippen molar-refractivity contribution < 1.29 is 14.3 Å². The Labute approximate surface area is 192 Å². The van der Waals surface area contributed by atoms with Crippen molar-refractivity contribution in [1.29, 1.82) is 0 Å². The van der Waals surface area contributed by atoms with Crippen LogP contribution in [0.2, 0.25) is 0 Å². The molecule has 3 amide bonds. The Kier molecular flexibility index (Phi) is 5.76. The number of rotatable bonds is 4. The topological polar surface area (TPSA) is 103 Å². The van der Waals surface area contributed by atoms with Gasteiger partial charge in [0.2, 0.25) is 0 Å². The zero-order chi connectivity index (χ0) is 22.9. The Hall–Kier alpha value is -3.40. The number of carbonyl (C=O) groups is 2. The summed E-state index contributed by atoms with van der Waals surface area (Å²) in [6.45, 7) is 8.39. The lowest BCUT2D eigenvalue weighted by Crippen LogP contribution is -2.48. The van der Waals surface area contributed by atoms with Crippen LogP contribution in [0.15, 0.2) is 30.5 Å². The molecule has 2 bridgehead atoms. The highest BCUT2D eigenvalue weighted by Crippen LogP contribution is 2.39. The normalized spacial score (nSPS) is 19.5. The average molecular weight is 452 g/mol. The van der Waals surface area contributed by atoms with Crippen LogP contribution in [0, 0.1) is 0 Å². The van der Waals surface area contributed by atoms with Crippen LogP contribution in [0.3, 0.4) is 0 Å². The van der Waals surface area contributed by atoms with E-state index in [2.05, 4.69) is 30.4 Å². The van der Waals surface area contributed by atoms with Crippen molar-refractivity contribution in [2.45, 2.75) is 32.4 Å². The summed E-state index contributed by atoms with van der Waals surface area (Å²) in [5.74, 6) is 0.752. The number of aromatic nitrogens is 2. The minimum atomic E-state index is -0.289. The number of morpholine rings is 1. The summed E-state index contributed by atoms with van der Waals surface area (Å²) in [5.41, 5.74) is 2.17. The van der Waals surface area contributed by atoms with Crippen LogP contribution in [0.4, 0.5) is 27.8 Å². The number of nitrogens with one attached hydrogen (secondary N) is 2. The Bertz CT molecular complexity index is 1050. The molecule has 5 rings (SSSR count). The van der Waals surface area contributed by atoms with Crippen molar-refractivity contribution in [1.82, 2.24) is 15.3 Å². The van der Waals surface area contributed by atoms with Gasteiger partial charge in [0.05, 0.1) is 24.9 Å². The Balaban J connectivity index is 1.40. The lowest BCUT2D eigenvalue weighted by Gasteiger charge is -2.35. The number of pyridine rings is 2. The van der Waals surface area contributed by atoms with Crippen molar-refractivity contribution in [3.8, 4) is 0 Å². The van der Waals surface area contributed by atoms with Gasteiger partial charge in [-0.25, -0.2) is 14.8 Å². The predicted octanol–water partition coefficient (Wildman–Crippen LogP) is 2.08. The van der Waals surface area contributed by atoms with Crippen molar-refractivity contribution in [3.05, 3.63) is 36.2 Å². The number of carbonyl (C=O) groups excluding carboxylic acids is 2. The molecule has 2 fully saturated rings. The maximum Gasteiger partial charge on any atom is 0.329 e. The van der Waals surface area contributed by atoms with Gasteiger partial charge < -0.3 is 19.9 Å². The number of anilines is 4. The summed E-state index contributed by atoms with van der Waals surface area (Å²) in [4.78, 5) is 41.1. The summed E-state index contributed by atoms with van der Waals surface area (Å²) in [6.07, 6.45) is 2.55. The van der Waals surface area contributed by atoms with Gasteiger partial charge in [-0.1, -0.05) is 0 Å². The van der Waals surface area contributed by atoms with E-state index in [4.69, 9.17) is 4.74 Å². The number of amides is 3. The summed E-state index contributed by atoms with van der Waals surface area (Å²) >= 11 is 0. The molecule has 0 saturated carbocycles. The second kappa shape index (κ2) is 8.86. The van der Waals surface area contributed by atoms with E-state index in [1.807, 2.05) is 32.0 Å². The maximum absolute atomic E-state index is 13.4. The Morgan fingerprint density at radius 1 is 1.12 bits per heavy atom. The monoisotopic (exact) mass is 451 g/mol. The van der Waals surface area contributed by atoms with Crippen LogP contribution in [-0.2, 0) is 4.74 Å². The molecule has 0 radical (unpaired) electrons. The molecule has 3 aliphatic rings. The largest absolute Gasteiger partial charge is 0.378 e. The third-order valence-corrected chi connectivity index (χ3v) is 6.18. The van der Waals surface area contributed by atoms with Crippen LogP contribution in [0.5, 0.6) is 0 Å².